The first-order valence-corrected chi connectivity index (χ1v) is 11.0. The molecule has 1 atom stereocenters. The van der Waals surface area contributed by atoms with Crippen LogP contribution in [-0.2, 0) is 22.4 Å². The van der Waals surface area contributed by atoms with Crippen LogP contribution in [-0.4, -0.2) is 63.3 Å². The molecule has 4 aromatic rings. The average molecular weight is 438 g/mol. The molecule has 4 aromatic heterocycles. The highest BCUT2D eigenvalue weighted by atomic mass is 32.1. The van der Waals surface area contributed by atoms with Crippen LogP contribution in [0, 0.1) is 5.92 Å². The van der Waals surface area contributed by atoms with Crippen LogP contribution in [0.25, 0.3) is 21.3 Å². The second-order valence-electron chi connectivity index (χ2n) is 7.76. The molecule has 0 spiro atoms. The number of hydrogen-bond donors (Lipinski definition) is 2. The Labute approximate surface area is 182 Å². The van der Waals surface area contributed by atoms with Gasteiger partial charge < -0.3 is 15.0 Å². The highest BCUT2D eigenvalue weighted by Gasteiger charge is 2.30. The van der Waals surface area contributed by atoms with E-state index < -0.39 is 0 Å². The zero-order chi connectivity index (χ0) is 21.4. The van der Waals surface area contributed by atoms with Crippen LogP contribution < -0.4 is 5.32 Å². The van der Waals surface area contributed by atoms with E-state index in [1.54, 1.807) is 42.1 Å². The summed E-state index contributed by atoms with van der Waals surface area (Å²) in [7, 11) is 3.50. The van der Waals surface area contributed by atoms with Gasteiger partial charge in [-0.05, 0) is 30.9 Å². The number of ether oxygens (including phenoxy) is 1. The van der Waals surface area contributed by atoms with E-state index in [0.29, 0.717) is 13.2 Å². The number of aromatic nitrogens is 5. The molecule has 0 aliphatic heterocycles. The molecule has 0 bridgehead atoms. The molecule has 31 heavy (non-hydrogen) atoms. The Morgan fingerprint density at radius 2 is 2.26 bits per heavy atom. The lowest BCUT2D eigenvalue weighted by Gasteiger charge is -2.26. The van der Waals surface area contributed by atoms with E-state index in [1.165, 1.54) is 10.4 Å². The van der Waals surface area contributed by atoms with E-state index in [2.05, 4.69) is 30.5 Å². The number of carbonyl (C=O) groups excluding carboxylic acids is 1. The van der Waals surface area contributed by atoms with Crippen molar-refractivity contribution in [2.24, 2.45) is 5.92 Å². The number of pyridine rings is 1. The summed E-state index contributed by atoms with van der Waals surface area (Å²) in [6.07, 6.45) is 7.50. The van der Waals surface area contributed by atoms with Gasteiger partial charge in [-0.25, -0.2) is 15.0 Å². The van der Waals surface area contributed by atoms with Gasteiger partial charge >= 0.3 is 0 Å². The molecule has 0 saturated heterocycles. The van der Waals surface area contributed by atoms with Gasteiger partial charge in [0.05, 0.1) is 30.1 Å². The first-order valence-electron chi connectivity index (χ1n) is 10.2. The van der Waals surface area contributed by atoms with E-state index in [1.807, 2.05) is 13.1 Å². The van der Waals surface area contributed by atoms with Crippen molar-refractivity contribution in [3.63, 3.8) is 0 Å². The number of H-pyrrole nitrogens is 1. The van der Waals surface area contributed by atoms with Crippen molar-refractivity contribution < 1.29 is 9.53 Å². The number of aryl methyl sites for hydroxylation is 1. The number of methoxy groups -OCH3 is 1. The fourth-order valence-electron chi connectivity index (χ4n) is 4.11. The maximum Gasteiger partial charge on any atom is 0.225 e. The monoisotopic (exact) mass is 437 g/mol. The molecular weight excluding hydrogens is 414 g/mol. The van der Waals surface area contributed by atoms with Gasteiger partial charge in [0.1, 0.15) is 17.0 Å². The minimum Gasteiger partial charge on any atom is -0.383 e. The summed E-state index contributed by atoms with van der Waals surface area (Å²) in [4.78, 5) is 30.2. The Bertz CT molecular complexity index is 1250. The van der Waals surface area contributed by atoms with Gasteiger partial charge in [-0.2, -0.15) is 5.10 Å². The second kappa shape index (κ2) is 8.20. The summed E-state index contributed by atoms with van der Waals surface area (Å²) in [6, 6.07) is 1.99. The van der Waals surface area contributed by atoms with Crippen molar-refractivity contribution in [3.05, 3.63) is 35.2 Å². The SMILES string of the molecule is COCCN(C)C(=O)[C@H]1CCc2c(sc3ncnc(Nc4cnc5[nH]ncc5c4)c23)C1. The summed E-state index contributed by atoms with van der Waals surface area (Å²) < 4.78 is 5.10. The van der Waals surface area contributed by atoms with Crippen LogP contribution in [0.2, 0.25) is 0 Å². The molecule has 4 heterocycles. The third-order valence-electron chi connectivity index (χ3n) is 5.76. The van der Waals surface area contributed by atoms with E-state index in [-0.39, 0.29) is 11.8 Å². The summed E-state index contributed by atoms with van der Waals surface area (Å²) in [5.74, 6) is 0.956. The second-order valence-corrected chi connectivity index (χ2v) is 8.84. The lowest BCUT2D eigenvalue weighted by atomic mass is 9.87. The molecule has 0 saturated carbocycles. The van der Waals surface area contributed by atoms with Crippen molar-refractivity contribution >= 4 is 50.0 Å². The fourth-order valence-corrected chi connectivity index (χ4v) is 5.37. The maximum absolute atomic E-state index is 12.8. The standard InChI is InChI=1S/C21H23N7O2S/c1-28(5-6-30-2)21(29)12-3-4-15-16(8-12)31-20-17(15)19(23-11-24-20)26-14-7-13-9-25-27-18(13)22-10-14/h7,9-12H,3-6,8H2,1-2H3,(H,22,25,27)(H,23,24,26)/t12-/m0/s1. The zero-order valence-corrected chi connectivity index (χ0v) is 18.2. The van der Waals surface area contributed by atoms with Gasteiger partial charge in [-0.3, -0.25) is 9.89 Å². The molecule has 10 heteroatoms. The Balaban J connectivity index is 1.42. The molecule has 0 aromatic carbocycles. The van der Waals surface area contributed by atoms with Crippen LogP contribution >= 0.6 is 11.3 Å². The van der Waals surface area contributed by atoms with Gasteiger partial charge in [0, 0.05) is 36.9 Å². The summed E-state index contributed by atoms with van der Waals surface area (Å²) in [6.45, 7) is 1.16. The van der Waals surface area contributed by atoms with E-state index in [9.17, 15) is 4.79 Å². The molecule has 5 rings (SSSR count). The molecule has 160 valence electrons. The molecule has 0 unspecified atom stereocenters. The predicted molar refractivity (Wildman–Crippen MR) is 120 cm³/mol. The minimum atomic E-state index is -0.000477. The Morgan fingerprint density at radius 1 is 1.35 bits per heavy atom. The number of likely N-dealkylation sites (N-methyl/N-ethyl adjacent to an activating group) is 1. The molecule has 1 aliphatic carbocycles. The third kappa shape index (κ3) is 3.72. The number of nitrogens with one attached hydrogen (secondary N) is 2. The van der Waals surface area contributed by atoms with E-state index >= 15 is 0 Å². The first kappa shape index (κ1) is 19.8. The number of amides is 1. The first-order chi connectivity index (χ1) is 15.1. The number of carbonyl (C=O) groups is 1. The number of rotatable bonds is 6. The number of fused-ring (bicyclic) bond motifs is 4. The zero-order valence-electron chi connectivity index (χ0n) is 17.4. The predicted octanol–water partition coefficient (Wildman–Crippen LogP) is 2.92. The van der Waals surface area contributed by atoms with Gasteiger partial charge in [0.25, 0.3) is 0 Å². The minimum absolute atomic E-state index is 0.000477. The number of nitrogens with zero attached hydrogens (tertiary/aromatic N) is 5. The van der Waals surface area contributed by atoms with E-state index in [0.717, 1.165) is 52.0 Å². The highest BCUT2D eigenvalue weighted by molar-refractivity contribution is 7.19. The summed E-state index contributed by atoms with van der Waals surface area (Å²) in [5, 5.41) is 12.3. The van der Waals surface area contributed by atoms with Crippen LogP contribution in [0.15, 0.2) is 24.8 Å². The number of aromatic amines is 1. The van der Waals surface area contributed by atoms with Crippen molar-refractivity contribution in [2.45, 2.75) is 19.3 Å². The molecule has 1 amide bonds. The lowest BCUT2D eigenvalue weighted by Crippen LogP contribution is -2.37. The van der Waals surface area contributed by atoms with Crippen molar-refractivity contribution in [2.75, 3.05) is 32.6 Å². The quantitative estimate of drug-likeness (QED) is 0.477. The highest BCUT2D eigenvalue weighted by Crippen LogP contribution is 2.40. The smallest absolute Gasteiger partial charge is 0.225 e. The van der Waals surface area contributed by atoms with Crippen molar-refractivity contribution in [1.29, 1.82) is 0 Å². The normalized spacial score (nSPS) is 15.9. The van der Waals surface area contributed by atoms with Crippen molar-refractivity contribution in [1.82, 2.24) is 30.0 Å². The summed E-state index contributed by atoms with van der Waals surface area (Å²) >= 11 is 1.66. The molecule has 1 aliphatic rings. The van der Waals surface area contributed by atoms with Crippen LogP contribution in [0.3, 0.4) is 0 Å². The Morgan fingerprint density at radius 3 is 3.13 bits per heavy atom. The molecule has 0 fully saturated rings. The van der Waals surface area contributed by atoms with Crippen LogP contribution in [0.4, 0.5) is 11.5 Å². The number of anilines is 2. The largest absolute Gasteiger partial charge is 0.383 e. The summed E-state index contributed by atoms with van der Waals surface area (Å²) in [5.41, 5.74) is 2.85. The van der Waals surface area contributed by atoms with Crippen LogP contribution in [0.1, 0.15) is 16.9 Å². The third-order valence-corrected chi connectivity index (χ3v) is 6.92. The van der Waals surface area contributed by atoms with E-state index in [4.69, 9.17) is 4.74 Å². The fraction of sp³-hybridized carbons (Fsp3) is 0.381. The topological polar surface area (TPSA) is 109 Å². The Kier molecular flexibility index (Phi) is 5.24. The van der Waals surface area contributed by atoms with Gasteiger partial charge in [0.15, 0.2) is 5.65 Å². The van der Waals surface area contributed by atoms with Gasteiger partial charge in [-0.15, -0.1) is 11.3 Å². The molecular formula is C21H23N7O2S. The molecule has 0 radical (unpaired) electrons. The van der Waals surface area contributed by atoms with Crippen molar-refractivity contribution in [3.8, 4) is 0 Å². The van der Waals surface area contributed by atoms with Gasteiger partial charge in [-0.1, -0.05) is 0 Å². The maximum atomic E-state index is 12.8. The number of hydrogen-bond acceptors (Lipinski definition) is 8. The van der Waals surface area contributed by atoms with Crippen LogP contribution in [0.5, 0.6) is 0 Å². The Hall–Kier alpha value is -3.11. The molecule has 9 nitrogen and oxygen atoms in total. The van der Waals surface area contributed by atoms with Gasteiger partial charge in [0.2, 0.25) is 5.91 Å². The number of thiophene rings is 1. The molecule has 2 N–H and O–H groups in total. The lowest BCUT2D eigenvalue weighted by molar-refractivity contribution is -0.135. The average Bonchev–Trinajstić information content (AvgIpc) is 3.40.